The van der Waals surface area contributed by atoms with Crippen LogP contribution in [0.15, 0.2) is 35.5 Å². The van der Waals surface area contributed by atoms with Crippen LogP contribution in [0.5, 0.6) is 0 Å². The van der Waals surface area contributed by atoms with E-state index in [-0.39, 0.29) is 34.6 Å². The fourth-order valence-corrected chi connectivity index (χ4v) is 8.35. The number of sulfone groups is 1. The molecule has 45 heavy (non-hydrogen) atoms. The second-order valence-electron chi connectivity index (χ2n) is 12.7. The molecule has 7 rings (SSSR count). The fourth-order valence-electron chi connectivity index (χ4n) is 6.88. The molecule has 2 aromatic heterocycles. The number of halogens is 3. The molecule has 1 N–H and O–H groups in total. The zero-order valence-corrected chi connectivity index (χ0v) is 26.3. The summed E-state index contributed by atoms with van der Waals surface area (Å²) >= 11 is 0. The van der Waals surface area contributed by atoms with Crippen molar-refractivity contribution in [3.8, 4) is 0 Å². The minimum atomic E-state index is -3.32. The first-order chi connectivity index (χ1) is 21.5. The smallest absolute Gasteiger partial charge is 0.276 e. The summed E-state index contributed by atoms with van der Waals surface area (Å²) in [4.78, 5) is 24.9. The van der Waals surface area contributed by atoms with E-state index < -0.39 is 39.6 Å². The molecule has 13 heteroatoms. The van der Waals surface area contributed by atoms with Gasteiger partial charge in [-0.3, -0.25) is 4.79 Å². The highest BCUT2D eigenvalue weighted by Gasteiger charge is 2.41. The van der Waals surface area contributed by atoms with Gasteiger partial charge in [0, 0.05) is 56.1 Å². The van der Waals surface area contributed by atoms with Gasteiger partial charge in [-0.2, -0.15) is 0 Å². The summed E-state index contributed by atoms with van der Waals surface area (Å²) in [5.74, 6) is -4.14. The van der Waals surface area contributed by atoms with Gasteiger partial charge in [0.2, 0.25) is 0 Å². The molecule has 0 saturated carbocycles. The van der Waals surface area contributed by atoms with Gasteiger partial charge in [0.1, 0.15) is 27.8 Å². The number of hydrogen-bond donors (Lipinski definition) is 1. The van der Waals surface area contributed by atoms with E-state index in [1.165, 1.54) is 18.5 Å². The average Bonchev–Trinajstić information content (AvgIpc) is 2.97. The standard InChI is InChI=1S/C32H40F3N5O4S/c1-21-24-6-4-8-27(28(24)33)32(34,35)16-22-17-39(18-22)11-2-3-12-44-13-5-7-25-29-26(30(38-21)37-20-36-29)19-40(31(25)41)23-9-14-45(42,43)15-10-23/h4,6,8,19-23H,2-3,5,7,9-18H2,1H3,(H,36,37,38)/t21-/m1/s1. The molecule has 6 heterocycles. The molecule has 0 unspecified atom stereocenters. The lowest BCUT2D eigenvalue weighted by molar-refractivity contribution is -0.0594. The predicted octanol–water partition coefficient (Wildman–Crippen LogP) is 5.01. The lowest BCUT2D eigenvalue weighted by Gasteiger charge is -2.41. The molecule has 0 amide bonds. The molecule has 1 aromatic carbocycles. The van der Waals surface area contributed by atoms with Crippen LogP contribution < -0.4 is 10.9 Å². The van der Waals surface area contributed by atoms with Crippen LogP contribution in [0.3, 0.4) is 0 Å². The van der Waals surface area contributed by atoms with E-state index in [1.54, 1.807) is 17.7 Å². The molecule has 0 aliphatic carbocycles. The normalized spacial score (nSPS) is 26.3. The van der Waals surface area contributed by atoms with Crippen LogP contribution in [0.1, 0.15) is 74.2 Å². The number of ether oxygens (including phenoxy) is 1. The third-order valence-electron chi connectivity index (χ3n) is 9.40. The Hall–Kier alpha value is -3.03. The van der Waals surface area contributed by atoms with Crippen molar-refractivity contribution in [1.29, 1.82) is 0 Å². The van der Waals surface area contributed by atoms with Gasteiger partial charge in [0.05, 0.1) is 34.0 Å². The summed E-state index contributed by atoms with van der Waals surface area (Å²) in [7, 11) is -3.15. The quantitative estimate of drug-likeness (QED) is 0.393. The van der Waals surface area contributed by atoms with Crippen LogP contribution in [0.2, 0.25) is 0 Å². The molecule has 0 radical (unpaired) electrons. The lowest BCUT2D eigenvalue weighted by Crippen LogP contribution is -2.48. The number of aryl methyl sites for hydroxylation is 1. The van der Waals surface area contributed by atoms with E-state index in [4.69, 9.17) is 4.74 Å². The topological polar surface area (TPSA) is 106 Å². The highest BCUT2D eigenvalue weighted by Crippen LogP contribution is 2.40. The summed E-state index contributed by atoms with van der Waals surface area (Å²) in [6, 6.07) is 3.05. The largest absolute Gasteiger partial charge is 0.381 e. The number of pyridine rings is 1. The zero-order valence-electron chi connectivity index (χ0n) is 25.5. The van der Waals surface area contributed by atoms with Crippen molar-refractivity contribution in [2.24, 2.45) is 5.92 Å². The highest BCUT2D eigenvalue weighted by atomic mass is 32.2. The van der Waals surface area contributed by atoms with Crippen molar-refractivity contribution < 1.29 is 26.3 Å². The number of nitrogens with zero attached hydrogens (tertiary/aromatic N) is 4. The SMILES string of the molecule is C[C@H]1Nc2ncnc3c(c(=O)n(C4CCS(=O)(=O)CC4)cc23)CCCOCCCCN2CC(C2)CC(F)(F)c2cccc1c2F. The molecular weight excluding hydrogens is 607 g/mol. The van der Waals surface area contributed by atoms with Crippen molar-refractivity contribution in [3.05, 3.63) is 63.6 Å². The Morgan fingerprint density at radius 1 is 1.07 bits per heavy atom. The molecule has 3 aromatic rings. The summed E-state index contributed by atoms with van der Waals surface area (Å²) < 4.78 is 78.4. The maximum atomic E-state index is 15.8. The number of nitrogens with one attached hydrogen (secondary N) is 1. The van der Waals surface area contributed by atoms with Crippen molar-refractivity contribution in [1.82, 2.24) is 19.4 Å². The van der Waals surface area contributed by atoms with Crippen LogP contribution in [-0.2, 0) is 26.9 Å². The second-order valence-corrected chi connectivity index (χ2v) is 15.0. The Labute approximate surface area is 261 Å². The van der Waals surface area contributed by atoms with E-state index in [1.807, 2.05) is 0 Å². The molecule has 4 aliphatic heterocycles. The van der Waals surface area contributed by atoms with Crippen LogP contribution in [0.25, 0.3) is 10.9 Å². The van der Waals surface area contributed by atoms with E-state index in [9.17, 15) is 13.2 Å². The summed E-state index contributed by atoms with van der Waals surface area (Å²) in [6.07, 6.45) is 5.91. The van der Waals surface area contributed by atoms with Gasteiger partial charge >= 0.3 is 0 Å². The van der Waals surface area contributed by atoms with Crippen LogP contribution in [0, 0.1) is 11.7 Å². The second kappa shape index (κ2) is 13.0. The fraction of sp³-hybridized carbons (Fsp3) is 0.594. The Balaban J connectivity index is 1.38. The van der Waals surface area contributed by atoms with Crippen molar-refractivity contribution in [2.75, 3.05) is 49.7 Å². The molecule has 244 valence electrons. The van der Waals surface area contributed by atoms with Gasteiger partial charge in [-0.1, -0.05) is 18.2 Å². The zero-order chi connectivity index (χ0) is 31.8. The van der Waals surface area contributed by atoms with E-state index in [0.29, 0.717) is 74.3 Å². The molecular formula is C32H40F3N5O4S. The highest BCUT2D eigenvalue weighted by molar-refractivity contribution is 7.91. The number of rotatable bonds is 1. The van der Waals surface area contributed by atoms with Crippen LogP contribution in [-0.4, -0.2) is 72.2 Å². The Morgan fingerprint density at radius 3 is 2.60 bits per heavy atom. The first-order valence-corrected chi connectivity index (χ1v) is 17.7. The van der Waals surface area contributed by atoms with Crippen molar-refractivity contribution in [2.45, 2.75) is 69.9 Å². The van der Waals surface area contributed by atoms with Gasteiger partial charge < -0.3 is 19.5 Å². The maximum Gasteiger partial charge on any atom is 0.276 e. The van der Waals surface area contributed by atoms with E-state index >= 15 is 13.2 Å². The molecule has 0 spiro atoms. The van der Waals surface area contributed by atoms with Gasteiger partial charge in [-0.15, -0.1) is 0 Å². The van der Waals surface area contributed by atoms with Crippen LogP contribution in [0.4, 0.5) is 19.0 Å². The number of alkyl halides is 2. The Morgan fingerprint density at radius 2 is 1.82 bits per heavy atom. The van der Waals surface area contributed by atoms with Gasteiger partial charge in [-0.25, -0.2) is 31.6 Å². The third-order valence-corrected chi connectivity index (χ3v) is 11.1. The number of hydrogen-bond acceptors (Lipinski definition) is 8. The predicted molar refractivity (Wildman–Crippen MR) is 166 cm³/mol. The minimum absolute atomic E-state index is 0.00247. The molecule has 2 fully saturated rings. The first-order valence-electron chi connectivity index (χ1n) is 15.8. The van der Waals surface area contributed by atoms with Crippen molar-refractivity contribution in [3.63, 3.8) is 0 Å². The van der Waals surface area contributed by atoms with Crippen LogP contribution >= 0.6 is 0 Å². The van der Waals surface area contributed by atoms with Gasteiger partial charge in [0.15, 0.2) is 0 Å². The van der Waals surface area contributed by atoms with E-state index in [0.717, 1.165) is 25.5 Å². The first kappa shape index (κ1) is 31.9. The Kier molecular flexibility index (Phi) is 9.22. The van der Waals surface area contributed by atoms with Gasteiger partial charge in [-0.05, 0) is 57.9 Å². The van der Waals surface area contributed by atoms with Gasteiger partial charge in [0.25, 0.3) is 11.5 Å². The average molecular weight is 648 g/mol. The minimum Gasteiger partial charge on any atom is -0.381 e. The van der Waals surface area contributed by atoms with Crippen molar-refractivity contribution >= 4 is 26.6 Å². The molecule has 1 atom stereocenters. The monoisotopic (exact) mass is 647 g/mol. The summed E-state index contributed by atoms with van der Waals surface area (Å²) in [6.45, 7) is 4.66. The molecule has 8 bridgehead atoms. The number of anilines is 1. The number of benzene rings is 1. The molecule has 4 aliphatic rings. The maximum absolute atomic E-state index is 15.8. The number of fused-ring (bicyclic) bond motifs is 9. The summed E-state index contributed by atoms with van der Waals surface area (Å²) in [5.41, 5.74) is 0.167. The third kappa shape index (κ3) is 6.90. The summed E-state index contributed by atoms with van der Waals surface area (Å²) in [5, 5.41) is 3.71. The number of aromatic nitrogens is 3. The Bertz CT molecular complexity index is 1700. The molecule has 9 nitrogen and oxygen atoms in total. The van der Waals surface area contributed by atoms with E-state index in [2.05, 4.69) is 20.2 Å². The molecule has 2 saturated heterocycles. The lowest BCUT2D eigenvalue weighted by atomic mass is 9.88.